The molecule has 0 aromatic heterocycles. The summed E-state index contributed by atoms with van der Waals surface area (Å²) in [5.41, 5.74) is 1.18. The molecule has 5 nitrogen and oxygen atoms in total. The second-order valence-electron chi connectivity index (χ2n) is 5.64. The van der Waals surface area contributed by atoms with Crippen LogP contribution in [0.25, 0.3) is 0 Å². The highest BCUT2D eigenvalue weighted by atomic mass is 35.5. The van der Waals surface area contributed by atoms with E-state index >= 15 is 0 Å². The van der Waals surface area contributed by atoms with Crippen molar-refractivity contribution >= 4 is 18.3 Å². The van der Waals surface area contributed by atoms with Crippen molar-refractivity contribution in [2.45, 2.75) is 38.1 Å². The predicted octanol–water partition coefficient (Wildman–Crippen LogP) is 2.32. The molecule has 2 N–H and O–H groups in total. The minimum atomic E-state index is 0. The Hall–Kier alpha value is -1.46. The van der Waals surface area contributed by atoms with Crippen molar-refractivity contribution in [3.8, 4) is 11.5 Å². The molecule has 2 rings (SSSR count). The third-order valence-corrected chi connectivity index (χ3v) is 4.01. The standard InChI is InChI=1S/C17H26N2O3.ClH/c1-21-15-8-7-13(11-16(15)22-2)5-3-10-19-17(20)12-14-6-4-9-18-14;/h7-8,11,14,18H,3-6,9-10,12H2,1-2H3,(H,19,20);1H. The topological polar surface area (TPSA) is 59.6 Å². The normalized spacial score (nSPS) is 16.5. The maximum Gasteiger partial charge on any atom is 0.221 e. The number of carbonyl (C=O) groups excluding carboxylic acids is 1. The van der Waals surface area contributed by atoms with E-state index in [-0.39, 0.29) is 18.3 Å². The highest BCUT2D eigenvalue weighted by Crippen LogP contribution is 2.27. The number of carbonyl (C=O) groups is 1. The van der Waals surface area contributed by atoms with Crippen LogP contribution >= 0.6 is 12.4 Å². The molecule has 1 unspecified atom stereocenters. The summed E-state index contributed by atoms with van der Waals surface area (Å²) >= 11 is 0. The second-order valence-corrected chi connectivity index (χ2v) is 5.64. The Morgan fingerprint density at radius 3 is 2.74 bits per heavy atom. The molecule has 0 radical (unpaired) electrons. The van der Waals surface area contributed by atoms with Gasteiger partial charge in [0.25, 0.3) is 0 Å². The van der Waals surface area contributed by atoms with E-state index in [1.165, 1.54) is 12.0 Å². The van der Waals surface area contributed by atoms with Gasteiger partial charge in [-0.2, -0.15) is 0 Å². The van der Waals surface area contributed by atoms with Gasteiger partial charge in [-0.3, -0.25) is 4.79 Å². The fraction of sp³-hybridized carbons (Fsp3) is 0.588. The largest absolute Gasteiger partial charge is 0.493 e. The van der Waals surface area contributed by atoms with E-state index in [1.54, 1.807) is 14.2 Å². The van der Waals surface area contributed by atoms with Crippen LogP contribution in [0.2, 0.25) is 0 Å². The monoisotopic (exact) mass is 342 g/mol. The zero-order chi connectivity index (χ0) is 15.8. The highest BCUT2D eigenvalue weighted by molar-refractivity contribution is 5.85. The van der Waals surface area contributed by atoms with Crippen molar-refractivity contribution in [1.29, 1.82) is 0 Å². The minimum absolute atomic E-state index is 0. The Morgan fingerprint density at radius 1 is 1.30 bits per heavy atom. The summed E-state index contributed by atoms with van der Waals surface area (Å²) in [6.45, 7) is 1.75. The molecule has 1 aromatic carbocycles. The molecule has 6 heteroatoms. The molecule has 1 aromatic rings. The number of aryl methyl sites for hydroxylation is 1. The fourth-order valence-corrected chi connectivity index (χ4v) is 2.78. The molecule has 1 saturated heterocycles. The Kier molecular flexibility index (Phi) is 8.81. The van der Waals surface area contributed by atoms with E-state index in [2.05, 4.69) is 10.6 Å². The summed E-state index contributed by atoms with van der Waals surface area (Å²) in [5, 5.41) is 6.34. The molecule has 0 aliphatic carbocycles. The molecular formula is C17H27ClN2O3. The number of methoxy groups -OCH3 is 2. The Balaban J connectivity index is 0.00000264. The SMILES string of the molecule is COc1ccc(CCCNC(=O)CC2CCCN2)cc1OC.Cl. The number of hydrogen-bond donors (Lipinski definition) is 2. The Labute approximate surface area is 144 Å². The molecule has 0 saturated carbocycles. The highest BCUT2D eigenvalue weighted by Gasteiger charge is 2.17. The van der Waals surface area contributed by atoms with Crippen molar-refractivity contribution < 1.29 is 14.3 Å². The molecule has 1 fully saturated rings. The third-order valence-electron chi connectivity index (χ3n) is 4.01. The van der Waals surface area contributed by atoms with Crippen LogP contribution in [0.1, 0.15) is 31.2 Å². The second kappa shape index (κ2) is 10.3. The Morgan fingerprint density at radius 2 is 2.09 bits per heavy atom. The first-order valence-corrected chi connectivity index (χ1v) is 7.94. The summed E-state index contributed by atoms with van der Waals surface area (Å²) in [5.74, 6) is 1.63. The van der Waals surface area contributed by atoms with E-state index < -0.39 is 0 Å². The van der Waals surface area contributed by atoms with Gasteiger partial charge in [0.15, 0.2) is 11.5 Å². The van der Waals surface area contributed by atoms with Gasteiger partial charge < -0.3 is 20.1 Å². The van der Waals surface area contributed by atoms with Crippen LogP contribution in [0.3, 0.4) is 0 Å². The van der Waals surface area contributed by atoms with Crippen LogP contribution < -0.4 is 20.1 Å². The molecule has 1 aliphatic heterocycles. The number of ether oxygens (including phenoxy) is 2. The van der Waals surface area contributed by atoms with Gasteiger partial charge in [0, 0.05) is 19.0 Å². The summed E-state index contributed by atoms with van der Waals surface area (Å²) < 4.78 is 10.5. The molecule has 0 spiro atoms. The quantitative estimate of drug-likeness (QED) is 0.712. The zero-order valence-corrected chi connectivity index (χ0v) is 14.7. The lowest BCUT2D eigenvalue weighted by molar-refractivity contribution is -0.121. The lowest BCUT2D eigenvalue weighted by atomic mass is 10.1. The lowest BCUT2D eigenvalue weighted by Crippen LogP contribution is -2.32. The molecular weight excluding hydrogens is 316 g/mol. The number of halogens is 1. The van der Waals surface area contributed by atoms with E-state index in [0.29, 0.717) is 19.0 Å². The van der Waals surface area contributed by atoms with Crippen LogP contribution in [-0.2, 0) is 11.2 Å². The molecule has 1 heterocycles. The Bertz CT molecular complexity index is 491. The van der Waals surface area contributed by atoms with Gasteiger partial charge in [-0.1, -0.05) is 6.07 Å². The summed E-state index contributed by atoms with van der Waals surface area (Å²) in [6.07, 6.45) is 4.70. The average Bonchev–Trinajstić information content (AvgIpc) is 3.04. The predicted molar refractivity (Wildman–Crippen MR) is 93.8 cm³/mol. The van der Waals surface area contributed by atoms with Crippen molar-refractivity contribution in [2.24, 2.45) is 0 Å². The third kappa shape index (κ3) is 6.28. The maximum absolute atomic E-state index is 11.8. The first-order valence-electron chi connectivity index (χ1n) is 7.94. The summed E-state index contributed by atoms with van der Waals surface area (Å²) in [4.78, 5) is 11.8. The van der Waals surface area contributed by atoms with Crippen LogP contribution in [0.15, 0.2) is 18.2 Å². The fourth-order valence-electron chi connectivity index (χ4n) is 2.78. The minimum Gasteiger partial charge on any atom is -0.493 e. The molecule has 23 heavy (non-hydrogen) atoms. The number of benzene rings is 1. The smallest absolute Gasteiger partial charge is 0.221 e. The van der Waals surface area contributed by atoms with Gasteiger partial charge in [-0.05, 0) is 49.9 Å². The molecule has 0 bridgehead atoms. The maximum atomic E-state index is 11.8. The van der Waals surface area contributed by atoms with Gasteiger partial charge in [-0.15, -0.1) is 12.4 Å². The average molecular weight is 343 g/mol. The first-order chi connectivity index (χ1) is 10.7. The lowest BCUT2D eigenvalue weighted by Gasteiger charge is -2.11. The number of hydrogen-bond acceptors (Lipinski definition) is 4. The summed E-state index contributed by atoms with van der Waals surface area (Å²) in [6, 6.07) is 6.30. The van der Waals surface area contributed by atoms with Crippen molar-refractivity contribution in [3.63, 3.8) is 0 Å². The molecule has 1 atom stereocenters. The van der Waals surface area contributed by atoms with Gasteiger partial charge >= 0.3 is 0 Å². The number of amides is 1. The van der Waals surface area contributed by atoms with Gasteiger partial charge in [-0.25, -0.2) is 0 Å². The van der Waals surface area contributed by atoms with Gasteiger partial charge in [0.1, 0.15) is 0 Å². The van der Waals surface area contributed by atoms with Crippen LogP contribution in [0, 0.1) is 0 Å². The first kappa shape index (κ1) is 19.6. The molecule has 1 amide bonds. The summed E-state index contributed by atoms with van der Waals surface area (Å²) in [7, 11) is 3.27. The van der Waals surface area contributed by atoms with Crippen molar-refractivity contribution in [1.82, 2.24) is 10.6 Å². The zero-order valence-electron chi connectivity index (χ0n) is 13.9. The van der Waals surface area contributed by atoms with E-state index in [4.69, 9.17) is 9.47 Å². The van der Waals surface area contributed by atoms with Crippen LogP contribution in [0.4, 0.5) is 0 Å². The van der Waals surface area contributed by atoms with E-state index in [0.717, 1.165) is 37.3 Å². The van der Waals surface area contributed by atoms with Gasteiger partial charge in [0.05, 0.1) is 14.2 Å². The van der Waals surface area contributed by atoms with Crippen LogP contribution in [0.5, 0.6) is 11.5 Å². The van der Waals surface area contributed by atoms with Crippen molar-refractivity contribution in [2.75, 3.05) is 27.3 Å². The van der Waals surface area contributed by atoms with Crippen molar-refractivity contribution in [3.05, 3.63) is 23.8 Å². The van der Waals surface area contributed by atoms with E-state index in [9.17, 15) is 4.79 Å². The van der Waals surface area contributed by atoms with Crippen LogP contribution in [-0.4, -0.2) is 39.3 Å². The molecule has 130 valence electrons. The number of rotatable bonds is 8. The molecule has 1 aliphatic rings. The number of nitrogens with one attached hydrogen (secondary N) is 2. The van der Waals surface area contributed by atoms with Gasteiger partial charge in [0.2, 0.25) is 5.91 Å². The van der Waals surface area contributed by atoms with E-state index in [1.807, 2.05) is 18.2 Å².